The number of allylic oxidation sites excluding steroid dienone is 5. The molecule has 4 nitrogen and oxygen atoms in total. The summed E-state index contributed by atoms with van der Waals surface area (Å²) in [7, 11) is 0. The summed E-state index contributed by atoms with van der Waals surface area (Å²) >= 11 is 0. The van der Waals surface area contributed by atoms with Crippen LogP contribution in [0.15, 0.2) is 36.0 Å². The lowest BCUT2D eigenvalue weighted by molar-refractivity contribution is -0.301. The van der Waals surface area contributed by atoms with Gasteiger partial charge >= 0.3 is 0 Å². The standard InChI is InChI=1S/C24H40N2O2/c1-18(2)16-24(9)21(27)25(22(4,5)6)17-23(7,8)26(24)28-19(3)20-14-12-10-11-13-15-20/h10-14,18-19H,15-17H2,1-9H3. The molecule has 4 heteroatoms. The van der Waals surface area contributed by atoms with Crippen LogP contribution in [-0.4, -0.2) is 45.1 Å². The van der Waals surface area contributed by atoms with Crippen LogP contribution in [0, 0.1) is 5.92 Å². The van der Waals surface area contributed by atoms with Gasteiger partial charge in [0.05, 0.1) is 11.6 Å². The Morgan fingerprint density at radius 3 is 2.32 bits per heavy atom. The van der Waals surface area contributed by atoms with Crippen molar-refractivity contribution in [2.24, 2.45) is 5.92 Å². The quantitative estimate of drug-likeness (QED) is 0.643. The first-order chi connectivity index (χ1) is 12.8. The molecule has 1 fully saturated rings. The van der Waals surface area contributed by atoms with Crippen LogP contribution in [0.4, 0.5) is 0 Å². The van der Waals surface area contributed by atoms with Crippen molar-refractivity contribution < 1.29 is 9.63 Å². The molecule has 28 heavy (non-hydrogen) atoms. The van der Waals surface area contributed by atoms with Gasteiger partial charge in [-0.1, -0.05) is 44.2 Å². The third-order valence-corrected chi connectivity index (χ3v) is 5.67. The molecule has 2 aliphatic rings. The zero-order valence-electron chi connectivity index (χ0n) is 19.4. The van der Waals surface area contributed by atoms with Gasteiger partial charge in [-0.2, -0.15) is 5.06 Å². The number of piperazine rings is 1. The minimum Gasteiger partial charge on any atom is -0.334 e. The third kappa shape index (κ3) is 4.77. The lowest BCUT2D eigenvalue weighted by Crippen LogP contribution is -2.75. The number of rotatable bonds is 5. The normalized spacial score (nSPS) is 27.1. The van der Waals surface area contributed by atoms with Crippen LogP contribution in [0.1, 0.15) is 75.2 Å². The van der Waals surface area contributed by atoms with E-state index in [1.165, 1.54) is 5.57 Å². The van der Waals surface area contributed by atoms with Gasteiger partial charge in [-0.05, 0) is 72.8 Å². The number of hydrogen-bond donors (Lipinski definition) is 0. The number of nitrogens with zero attached hydrogens (tertiary/aromatic N) is 2. The predicted molar refractivity (Wildman–Crippen MR) is 117 cm³/mol. The highest BCUT2D eigenvalue weighted by molar-refractivity contribution is 5.87. The molecule has 1 heterocycles. The van der Waals surface area contributed by atoms with E-state index in [1.54, 1.807) is 0 Å². The minimum atomic E-state index is -0.700. The molecule has 1 aliphatic heterocycles. The van der Waals surface area contributed by atoms with Crippen molar-refractivity contribution in [3.05, 3.63) is 36.0 Å². The van der Waals surface area contributed by atoms with E-state index in [0.717, 1.165) is 12.8 Å². The maximum absolute atomic E-state index is 13.7. The van der Waals surface area contributed by atoms with Gasteiger partial charge in [-0.15, -0.1) is 0 Å². The van der Waals surface area contributed by atoms with Crippen molar-refractivity contribution in [3.8, 4) is 0 Å². The van der Waals surface area contributed by atoms with Crippen molar-refractivity contribution in [1.82, 2.24) is 9.96 Å². The molecule has 0 aromatic carbocycles. The molecular formula is C24H40N2O2. The molecule has 0 N–H and O–H groups in total. The van der Waals surface area contributed by atoms with E-state index in [1.807, 2.05) is 16.0 Å². The highest BCUT2D eigenvalue weighted by Crippen LogP contribution is 2.41. The largest absolute Gasteiger partial charge is 0.334 e. The summed E-state index contributed by atoms with van der Waals surface area (Å²) in [5.74, 6) is 0.545. The first kappa shape index (κ1) is 22.9. The molecule has 1 saturated heterocycles. The zero-order valence-corrected chi connectivity index (χ0v) is 19.4. The van der Waals surface area contributed by atoms with Gasteiger partial charge in [0.1, 0.15) is 5.54 Å². The second-order valence-corrected chi connectivity index (χ2v) is 10.5. The van der Waals surface area contributed by atoms with Crippen LogP contribution in [-0.2, 0) is 9.63 Å². The number of hydroxylamine groups is 2. The van der Waals surface area contributed by atoms with Crippen LogP contribution in [0.2, 0.25) is 0 Å². The molecule has 1 amide bonds. The van der Waals surface area contributed by atoms with Crippen molar-refractivity contribution in [2.45, 2.75) is 97.9 Å². The Morgan fingerprint density at radius 2 is 1.75 bits per heavy atom. The molecular weight excluding hydrogens is 348 g/mol. The highest BCUT2D eigenvalue weighted by Gasteiger charge is 2.56. The fourth-order valence-electron chi connectivity index (χ4n) is 4.46. The Kier molecular flexibility index (Phi) is 6.67. The molecule has 1 aliphatic carbocycles. The summed E-state index contributed by atoms with van der Waals surface area (Å²) in [5, 5.41) is 2.02. The Morgan fingerprint density at radius 1 is 1.11 bits per heavy atom. The Balaban J connectivity index is 2.41. The molecule has 0 aromatic heterocycles. The lowest BCUT2D eigenvalue weighted by atomic mass is 9.80. The SMILES string of the molecule is CC(C)CC1(C)C(=O)N(C(C)(C)C)CC(C)(C)N1OC(C)C1=CC=CC=CC1. The highest BCUT2D eigenvalue weighted by atomic mass is 16.7. The minimum absolute atomic E-state index is 0.0906. The maximum Gasteiger partial charge on any atom is 0.245 e. The summed E-state index contributed by atoms with van der Waals surface area (Å²) < 4.78 is 0. The van der Waals surface area contributed by atoms with Crippen molar-refractivity contribution >= 4 is 5.91 Å². The average Bonchev–Trinajstić information content (AvgIpc) is 2.83. The van der Waals surface area contributed by atoms with Crippen molar-refractivity contribution in [1.29, 1.82) is 0 Å². The summed E-state index contributed by atoms with van der Waals surface area (Å²) in [6.07, 6.45) is 12.0. The number of amides is 1. The first-order valence-electron chi connectivity index (χ1n) is 10.6. The van der Waals surface area contributed by atoms with E-state index in [2.05, 4.69) is 86.6 Å². The summed E-state index contributed by atoms with van der Waals surface area (Å²) in [6, 6.07) is 0. The monoisotopic (exact) mass is 388 g/mol. The molecule has 0 aromatic rings. The topological polar surface area (TPSA) is 32.8 Å². The van der Waals surface area contributed by atoms with Crippen LogP contribution >= 0.6 is 0 Å². The molecule has 2 atom stereocenters. The van der Waals surface area contributed by atoms with E-state index in [-0.39, 0.29) is 23.1 Å². The maximum atomic E-state index is 13.7. The van der Waals surface area contributed by atoms with E-state index in [9.17, 15) is 4.79 Å². The van der Waals surface area contributed by atoms with Gasteiger partial charge in [-0.25, -0.2) is 0 Å². The second kappa shape index (κ2) is 8.16. The summed E-state index contributed by atoms with van der Waals surface area (Å²) in [5.41, 5.74) is 0.00664. The molecule has 2 rings (SSSR count). The number of hydrogen-bond acceptors (Lipinski definition) is 3. The predicted octanol–water partition coefficient (Wildman–Crippen LogP) is 5.28. The van der Waals surface area contributed by atoms with E-state index in [4.69, 9.17) is 4.84 Å². The van der Waals surface area contributed by atoms with E-state index < -0.39 is 5.54 Å². The summed E-state index contributed by atoms with van der Waals surface area (Å²) in [6.45, 7) is 19.9. The zero-order chi connectivity index (χ0) is 21.3. The second-order valence-electron chi connectivity index (χ2n) is 10.5. The van der Waals surface area contributed by atoms with Gasteiger partial charge in [0.25, 0.3) is 0 Å². The van der Waals surface area contributed by atoms with E-state index >= 15 is 0 Å². The van der Waals surface area contributed by atoms with Gasteiger partial charge in [-0.3, -0.25) is 9.63 Å². The van der Waals surface area contributed by atoms with Gasteiger partial charge < -0.3 is 4.90 Å². The smallest absolute Gasteiger partial charge is 0.245 e. The average molecular weight is 389 g/mol. The molecule has 158 valence electrons. The fourth-order valence-corrected chi connectivity index (χ4v) is 4.46. The van der Waals surface area contributed by atoms with Gasteiger partial charge in [0.2, 0.25) is 5.91 Å². The van der Waals surface area contributed by atoms with Crippen molar-refractivity contribution in [3.63, 3.8) is 0 Å². The van der Waals surface area contributed by atoms with Gasteiger partial charge in [0.15, 0.2) is 0 Å². The Bertz CT molecular complexity index is 667. The van der Waals surface area contributed by atoms with Crippen molar-refractivity contribution in [2.75, 3.05) is 6.54 Å². The third-order valence-electron chi connectivity index (χ3n) is 5.67. The molecule has 2 unspecified atom stereocenters. The van der Waals surface area contributed by atoms with E-state index in [0.29, 0.717) is 12.5 Å². The lowest BCUT2D eigenvalue weighted by Gasteiger charge is -2.58. The van der Waals surface area contributed by atoms with Crippen LogP contribution in [0.3, 0.4) is 0 Å². The first-order valence-corrected chi connectivity index (χ1v) is 10.6. The van der Waals surface area contributed by atoms with Gasteiger partial charge in [0, 0.05) is 12.1 Å². The van der Waals surface area contributed by atoms with Crippen LogP contribution < -0.4 is 0 Å². The van der Waals surface area contributed by atoms with Crippen LogP contribution in [0.25, 0.3) is 0 Å². The summed E-state index contributed by atoms with van der Waals surface area (Å²) in [4.78, 5) is 22.3. The number of carbonyl (C=O) groups is 1. The number of carbonyl (C=O) groups excluding carboxylic acids is 1. The van der Waals surface area contributed by atoms with Crippen LogP contribution in [0.5, 0.6) is 0 Å². The Hall–Kier alpha value is -1.39. The molecule has 0 saturated carbocycles. The molecule has 0 radical (unpaired) electrons. The molecule has 0 spiro atoms. The molecule has 0 bridgehead atoms. The fraction of sp³-hybridized carbons (Fsp3) is 0.708. The Labute approximate surface area is 172 Å².